The van der Waals surface area contributed by atoms with Crippen molar-refractivity contribution in [2.45, 2.75) is 23.0 Å². The average molecular weight is 247 g/mol. The van der Waals surface area contributed by atoms with Crippen molar-refractivity contribution in [3.63, 3.8) is 0 Å². The fourth-order valence-electron chi connectivity index (χ4n) is 0.936. The molecule has 0 radical (unpaired) electrons. The van der Waals surface area contributed by atoms with Crippen LogP contribution in [-0.4, -0.2) is 5.25 Å². The maximum absolute atomic E-state index is 13.2. The second-order valence-corrected chi connectivity index (χ2v) is 5.15. The van der Waals surface area contributed by atoms with Gasteiger partial charge >= 0.3 is 0 Å². The van der Waals surface area contributed by atoms with E-state index >= 15 is 0 Å². The van der Waals surface area contributed by atoms with Gasteiger partial charge in [0.05, 0.1) is 0 Å². The molecule has 0 N–H and O–H groups in total. The van der Waals surface area contributed by atoms with Gasteiger partial charge in [-0.2, -0.15) is 0 Å². The fourth-order valence-corrected chi connectivity index (χ4v) is 2.32. The van der Waals surface area contributed by atoms with Crippen LogP contribution in [0.25, 0.3) is 0 Å². The van der Waals surface area contributed by atoms with E-state index in [0.717, 1.165) is 9.37 Å². The molecule has 1 aliphatic rings. The molecule has 64 valence electrons. The molecule has 1 aromatic carbocycles. The molecule has 0 aromatic heterocycles. The Bertz CT molecular complexity index is 297. The van der Waals surface area contributed by atoms with E-state index in [1.165, 1.54) is 18.9 Å². The summed E-state index contributed by atoms with van der Waals surface area (Å²) in [5.41, 5.74) is 0. The third kappa shape index (κ3) is 2.02. The van der Waals surface area contributed by atoms with Crippen molar-refractivity contribution in [3.8, 4) is 0 Å². The fraction of sp³-hybridized carbons (Fsp3) is 0.333. The first-order valence-corrected chi connectivity index (χ1v) is 5.54. The van der Waals surface area contributed by atoms with Gasteiger partial charge in [-0.3, -0.25) is 0 Å². The van der Waals surface area contributed by atoms with Gasteiger partial charge in [0.1, 0.15) is 5.82 Å². The van der Waals surface area contributed by atoms with Gasteiger partial charge in [0.15, 0.2) is 0 Å². The molecule has 0 nitrogen and oxygen atoms in total. The standard InChI is InChI=1S/C9H8BrFS/c10-6-1-4-9(8(11)5-6)12-7-2-3-7/h1,4-5,7H,2-3H2. The Balaban J connectivity index is 2.18. The van der Waals surface area contributed by atoms with E-state index in [4.69, 9.17) is 0 Å². The van der Waals surface area contributed by atoms with Crippen molar-refractivity contribution < 1.29 is 4.39 Å². The summed E-state index contributed by atoms with van der Waals surface area (Å²) in [5.74, 6) is -0.110. The molecule has 0 saturated heterocycles. The topological polar surface area (TPSA) is 0 Å². The molecule has 0 heterocycles. The van der Waals surface area contributed by atoms with Crippen molar-refractivity contribution in [3.05, 3.63) is 28.5 Å². The number of thioether (sulfide) groups is 1. The van der Waals surface area contributed by atoms with E-state index in [-0.39, 0.29) is 5.82 Å². The molecule has 2 rings (SSSR count). The molecule has 0 aliphatic heterocycles. The highest BCUT2D eigenvalue weighted by Crippen LogP contribution is 2.40. The lowest BCUT2D eigenvalue weighted by atomic mass is 10.3. The van der Waals surface area contributed by atoms with Crippen LogP contribution in [0.5, 0.6) is 0 Å². The van der Waals surface area contributed by atoms with E-state index < -0.39 is 0 Å². The second kappa shape index (κ2) is 3.38. The minimum absolute atomic E-state index is 0.110. The Hall–Kier alpha value is -0.0200. The summed E-state index contributed by atoms with van der Waals surface area (Å²) in [4.78, 5) is 0.778. The van der Waals surface area contributed by atoms with Crippen molar-refractivity contribution in [2.24, 2.45) is 0 Å². The molecule has 0 spiro atoms. The molecule has 1 saturated carbocycles. The SMILES string of the molecule is Fc1cc(Br)ccc1SC1CC1. The summed E-state index contributed by atoms with van der Waals surface area (Å²) in [6, 6.07) is 5.24. The van der Waals surface area contributed by atoms with Crippen LogP contribution in [0.15, 0.2) is 27.6 Å². The van der Waals surface area contributed by atoms with E-state index in [0.29, 0.717) is 5.25 Å². The van der Waals surface area contributed by atoms with Gasteiger partial charge in [0.25, 0.3) is 0 Å². The predicted octanol–water partition coefficient (Wildman–Crippen LogP) is 3.84. The van der Waals surface area contributed by atoms with Crippen LogP contribution in [-0.2, 0) is 0 Å². The molecule has 12 heavy (non-hydrogen) atoms. The number of hydrogen-bond acceptors (Lipinski definition) is 1. The van der Waals surface area contributed by atoms with Crippen molar-refractivity contribution >= 4 is 27.7 Å². The quantitative estimate of drug-likeness (QED) is 0.765. The van der Waals surface area contributed by atoms with E-state index in [9.17, 15) is 4.39 Å². The molecular formula is C9H8BrFS. The highest BCUT2D eigenvalue weighted by atomic mass is 79.9. The van der Waals surface area contributed by atoms with E-state index in [2.05, 4.69) is 15.9 Å². The van der Waals surface area contributed by atoms with Gasteiger partial charge in [-0.05, 0) is 31.0 Å². The Morgan fingerprint density at radius 2 is 2.17 bits per heavy atom. The van der Waals surface area contributed by atoms with E-state index in [1.54, 1.807) is 11.8 Å². The first-order chi connectivity index (χ1) is 5.75. The molecule has 1 aromatic rings. The van der Waals surface area contributed by atoms with Crippen LogP contribution < -0.4 is 0 Å². The molecule has 3 heteroatoms. The summed E-state index contributed by atoms with van der Waals surface area (Å²) in [6.45, 7) is 0. The van der Waals surface area contributed by atoms with Crippen LogP contribution in [0.2, 0.25) is 0 Å². The third-order valence-electron chi connectivity index (χ3n) is 1.71. The zero-order valence-corrected chi connectivity index (χ0v) is 8.79. The minimum atomic E-state index is -0.110. The summed E-state index contributed by atoms with van der Waals surface area (Å²) in [5, 5.41) is 0.667. The molecule has 1 aliphatic carbocycles. The molecule has 0 bridgehead atoms. The highest BCUT2D eigenvalue weighted by molar-refractivity contribution is 9.10. The van der Waals surface area contributed by atoms with Gasteiger partial charge in [0.2, 0.25) is 0 Å². The van der Waals surface area contributed by atoms with Gasteiger partial charge in [0, 0.05) is 14.6 Å². The molecule has 0 unspecified atom stereocenters. The lowest BCUT2D eigenvalue weighted by molar-refractivity contribution is 0.601. The molecule has 1 fully saturated rings. The van der Waals surface area contributed by atoms with E-state index in [1.807, 2.05) is 12.1 Å². The molecule has 0 amide bonds. The number of benzene rings is 1. The van der Waals surface area contributed by atoms with Crippen molar-refractivity contribution in [1.29, 1.82) is 0 Å². The normalized spacial score (nSPS) is 16.5. The number of rotatable bonds is 2. The van der Waals surface area contributed by atoms with Crippen LogP contribution in [0.3, 0.4) is 0 Å². The third-order valence-corrected chi connectivity index (χ3v) is 3.59. The smallest absolute Gasteiger partial charge is 0.137 e. The Morgan fingerprint density at radius 1 is 1.42 bits per heavy atom. The van der Waals surface area contributed by atoms with Gasteiger partial charge in [-0.25, -0.2) is 4.39 Å². The summed E-state index contributed by atoms with van der Waals surface area (Å²) in [7, 11) is 0. The predicted molar refractivity (Wildman–Crippen MR) is 53.0 cm³/mol. The van der Waals surface area contributed by atoms with Gasteiger partial charge < -0.3 is 0 Å². The maximum atomic E-state index is 13.2. The highest BCUT2D eigenvalue weighted by Gasteiger charge is 2.23. The van der Waals surface area contributed by atoms with Crippen LogP contribution in [0, 0.1) is 5.82 Å². The Kier molecular flexibility index (Phi) is 2.42. The lowest BCUT2D eigenvalue weighted by Gasteiger charge is -2.00. The minimum Gasteiger partial charge on any atom is -0.206 e. The maximum Gasteiger partial charge on any atom is 0.137 e. The first-order valence-electron chi connectivity index (χ1n) is 3.87. The largest absolute Gasteiger partial charge is 0.206 e. The summed E-state index contributed by atoms with van der Waals surface area (Å²) in [6.07, 6.45) is 2.47. The Morgan fingerprint density at radius 3 is 2.75 bits per heavy atom. The zero-order chi connectivity index (χ0) is 8.55. The monoisotopic (exact) mass is 246 g/mol. The second-order valence-electron chi connectivity index (χ2n) is 2.89. The Labute approximate surface area is 83.7 Å². The first kappa shape index (κ1) is 8.57. The van der Waals surface area contributed by atoms with Crippen molar-refractivity contribution in [2.75, 3.05) is 0 Å². The molecule has 0 atom stereocenters. The lowest BCUT2D eigenvalue weighted by Crippen LogP contribution is -1.82. The van der Waals surface area contributed by atoms with Crippen LogP contribution >= 0.6 is 27.7 Å². The summed E-state index contributed by atoms with van der Waals surface area (Å²) >= 11 is 4.88. The molecular weight excluding hydrogens is 239 g/mol. The van der Waals surface area contributed by atoms with Gasteiger partial charge in [-0.15, -0.1) is 11.8 Å². The van der Waals surface area contributed by atoms with Gasteiger partial charge in [-0.1, -0.05) is 15.9 Å². The zero-order valence-electron chi connectivity index (χ0n) is 6.39. The van der Waals surface area contributed by atoms with Crippen molar-refractivity contribution in [1.82, 2.24) is 0 Å². The van der Waals surface area contributed by atoms with Crippen LogP contribution in [0.1, 0.15) is 12.8 Å². The summed E-state index contributed by atoms with van der Waals surface area (Å²) < 4.78 is 14.0. The average Bonchev–Trinajstić information content (AvgIpc) is 2.79. The number of hydrogen-bond donors (Lipinski definition) is 0. The number of halogens is 2. The van der Waals surface area contributed by atoms with Crippen LogP contribution in [0.4, 0.5) is 4.39 Å².